The van der Waals surface area contributed by atoms with Crippen LogP contribution >= 0.6 is 0 Å². The highest BCUT2D eigenvalue weighted by Gasteiger charge is 2.33. The molecule has 4 rings (SSSR count). The van der Waals surface area contributed by atoms with E-state index < -0.39 is 22.9 Å². The lowest BCUT2D eigenvalue weighted by molar-refractivity contribution is -0.403. The first-order valence-electron chi connectivity index (χ1n) is 11.9. The number of nitrogens with one attached hydrogen (secondary N) is 1. The molecular weight excluding hydrogens is 473 g/mol. The van der Waals surface area contributed by atoms with Crippen molar-refractivity contribution < 1.29 is 28.1 Å². The highest BCUT2D eigenvalue weighted by atomic mass is 19.1. The van der Waals surface area contributed by atoms with E-state index in [1.54, 1.807) is 18.2 Å². The predicted molar refractivity (Wildman–Crippen MR) is 130 cm³/mol. The van der Waals surface area contributed by atoms with Gasteiger partial charge in [0.05, 0.1) is 36.6 Å². The summed E-state index contributed by atoms with van der Waals surface area (Å²) in [7, 11) is 0. The summed E-state index contributed by atoms with van der Waals surface area (Å²) in [6, 6.07) is 6.40. The van der Waals surface area contributed by atoms with E-state index >= 15 is 4.39 Å². The molecule has 2 aromatic rings. The zero-order valence-corrected chi connectivity index (χ0v) is 20.5. The van der Waals surface area contributed by atoms with Gasteiger partial charge in [-0.3, -0.25) is 24.7 Å². The molecule has 3 heterocycles. The number of rotatable bonds is 8. The maximum absolute atomic E-state index is 15.0. The number of hydrogen-bond acceptors (Lipinski definition) is 8. The van der Waals surface area contributed by atoms with Gasteiger partial charge in [-0.2, -0.15) is 0 Å². The van der Waals surface area contributed by atoms with Crippen LogP contribution in [0.1, 0.15) is 38.0 Å². The van der Waals surface area contributed by atoms with Gasteiger partial charge >= 0.3 is 12.0 Å². The summed E-state index contributed by atoms with van der Waals surface area (Å²) in [5, 5.41) is 13.9. The summed E-state index contributed by atoms with van der Waals surface area (Å²) < 4.78 is 25.8. The molecule has 2 aliphatic rings. The van der Waals surface area contributed by atoms with E-state index in [2.05, 4.69) is 10.2 Å². The topological polar surface area (TPSA) is 121 Å². The van der Waals surface area contributed by atoms with Gasteiger partial charge in [0.2, 0.25) is 5.91 Å². The number of benzene rings is 1. The smallest absolute Gasteiger partial charge is 0.436 e. The Labute approximate surface area is 207 Å². The number of halogens is 1. The fourth-order valence-corrected chi connectivity index (χ4v) is 4.47. The third-order valence-electron chi connectivity index (χ3n) is 6.37. The SMILES string of the molecule is CC(=O)NC[C@H]1CN(c2ccc(N3CCN(Cc4cc(C(C)C)c([N+](=O)[O-])o4)CC3)c(F)c2)C(=O)O1. The first-order chi connectivity index (χ1) is 17.1. The average Bonchev–Trinajstić information content (AvgIpc) is 3.42. The molecule has 194 valence electrons. The normalized spacial score (nSPS) is 18.6. The van der Waals surface area contributed by atoms with Gasteiger partial charge in [0.1, 0.15) is 22.6 Å². The number of carbonyl (C=O) groups is 2. The van der Waals surface area contributed by atoms with Crippen LogP contribution in [0.25, 0.3) is 0 Å². The molecule has 0 bridgehead atoms. The van der Waals surface area contributed by atoms with Crippen LogP contribution in [0, 0.1) is 15.9 Å². The lowest BCUT2D eigenvalue weighted by Gasteiger charge is -2.36. The first kappa shape index (κ1) is 25.4. The van der Waals surface area contributed by atoms with Crippen molar-refractivity contribution in [3.05, 3.63) is 51.5 Å². The molecule has 11 nitrogen and oxygen atoms in total. The summed E-state index contributed by atoms with van der Waals surface area (Å²) in [5.41, 5.74) is 1.42. The maximum Gasteiger partial charge on any atom is 0.436 e. The van der Waals surface area contributed by atoms with Gasteiger partial charge in [-0.05, 0) is 30.2 Å². The van der Waals surface area contributed by atoms with Crippen LogP contribution in [-0.2, 0) is 16.1 Å². The van der Waals surface area contributed by atoms with Crippen molar-refractivity contribution in [2.75, 3.05) is 49.1 Å². The fourth-order valence-electron chi connectivity index (χ4n) is 4.47. The molecule has 2 amide bonds. The number of carbonyl (C=O) groups excluding carboxylic acids is 2. The highest BCUT2D eigenvalue weighted by Crippen LogP contribution is 2.31. The standard InChI is InChI=1S/C24H30FN5O6/c1-15(2)20-11-18(35-23(20)30(33)34)13-27-6-8-28(9-7-27)22-5-4-17(10-21(22)25)29-14-19(36-24(29)32)12-26-16(3)31/h4-5,10-11,15,19H,6-9,12-14H2,1-3H3,(H,26,31)/t19-/m0/s1. The van der Waals surface area contributed by atoms with Crippen LogP contribution in [0.3, 0.4) is 0 Å². The van der Waals surface area contributed by atoms with Crippen LogP contribution in [0.4, 0.5) is 26.4 Å². The van der Waals surface area contributed by atoms with E-state index in [9.17, 15) is 19.7 Å². The van der Waals surface area contributed by atoms with Crippen molar-refractivity contribution in [3.8, 4) is 0 Å². The molecule has 0 unspecified atom stereocenters. The third-order valence-corrected chi connectivity index (χ3v) is 6.37. The number of piperazine rings is 1. The lowest BCUT2D eigenvalue weighted by Crippen LogP contribution is -2.46. The summed E-state index contributed by atoms with van der Waals surface area (Å²) in [5.74, 6) is -0.336. The van der Waals surface area contributed by atoms with Crippen molar-refractivity contribution in [2.24, 2.45) is 0 Å². The van der Waals surface area contributed by atoms with Gasteiger partial charge in [0.25, 0.3) is 0 Å². The molecule has 36 heavy (non-hydrogen) atoms. The molecule has 0 spiro atoms. The summed E-state index contributed by atoms with van der Waals surface area (Å²) in [6.07, 6.45) is -1.07. The number of amides is 2. The average molecular weight is 504 g/mol. The van der Waals surface area contributed by atoms with Crippen LogP contribution in [-0.4, -0.2) is 67.2 Å². The number of anilines is 2. The Bertz CT molecular complexity index is 1140. The van der Waals surface area contributed by atoms with Crippen molar-refractivity contribution in [1.29, 1.82) is 0 Å². The predicted octanol–water partition coefficient (Wildman–Crippen LogP) is 3.23. The maximum atomic E-state index is 15.0. The number of nitro groups is 1. The Morgan fingerprint density at radius 1 is 1.25 bits per heavy atom. The zero-order chi connectivity index (χ0) is 26.0. The molecule has 2 saturated heterocycles. The molecule has 0 radical (unpaired) electrons. The Morgan fingerprint density at radius 3 is 2.56 bits per heavy atom. The first-order valence-corrected chi connectivity index (χ1v) is 11.9. The second kappa shape index (κ2) is 10.5. The van der Waals surface area contributed by atoms with Crippen LogP contribution < -0.4 is 15.1 Å². The number of hydrogen-bond donors (Lipinski definition) is 1. The third kappa shape index (κ3) is 5.59. The number of ether oxygens (including phenoxy) is 1. The van der Waals surface area contributed by atoms with E-state index in [4.69, 9.17) is 9.15 Å². The van der Waals surface area contributed by atoms with Crippen LogP contribution in [0.15, 0.2) is 28.7 Å². The van der Waals surface area contributed by atoms with E-state index in [1.807, 2.05) is 18.7 Å². The molecule has 1 atom stereocenters. The van der Waals surface area contributed by atoms with Gasteiger partial charge in [0, 0.05) is 33.1 Å². The Kier molecular flexibility index (Phi) is 7.43. The van der Waals surface area contributed by atoms with Crippen LogP contribution in [0.2, 0.25) is 0 Å². The number of cyclic esters (lactones) is 1. The van der Waals surface area contributed by atoms with Crippen molar-refractivity contribution in [3.63, 3.8) is 0 Å². The largest absolute Gasteiger partial charge is 0.442 e. The van der Waals surface area contributed by atoms with E-state index in [0.29, 0.717) is 55.4 Å². The molecule has 12 heteroatoms. The highest BCUT2D eigenvalue weighted by molar-refractivity contribution is 5.90. The minimum Gasteiger partial charge on any atom is -0.442 e. The summed E-state index contributed by atoms with van der Waals surface area (Å²) >= 11 is 0. The molecule has 2 fully saturated rings. The van der Waals surface area contributed by atoms with Crippen molar-refractivity contribution in [2.45, 2.75) is 39.3 Å². The van der Waals surface area contributed by atoms with Gasteiger partial charge in [-0.15, -0.1) is 0 Å². The monoisotopic (exact) mass is 503 g/mol. The Hall–Kier alpha value is -3.67. The second-order valence-corrected chi connectivity index (χ2v) is 9.34. The van der Waals surface area contributed by atoms with Crippen molar-refractivity contribution in [1.82, 2.24) is 10.2 Å². The minimum absolute atomic E-state index is 0.0174. The molecule has 0 aliphatic carbocycles. The zero-order valence-electron chi connectivity index (χ0n) is 20.5. The number of nitrogens with zero attached hydrogens (tertiary/aromatic N) is 4. The molecule has 1 aromatic heterocycles. The van der Waals surface area contributed by atoms with E-state index in [-0.39, 0.29) is 30.8 Å². The van der Waals surface area contributed by atoms with Gasteiger partial charge in [-0.1, -0.05) is 13.8 Å². The van der Waals surface area contributed by atoms with E-state index in [1.165, 1.54) is 17.9 Å². The van der Waals surface area contributed by atoms with Crippen LogP contribution in [0.5, 0.6) is 0 Å². The Morgan fingerprint density at radius 2 is 1.97 bits per heavy atom. The fraction of sp³-hybridized carbons (Fsp3) is 0.500. The summed E-state index contributed by atoms with van der Waals surface area (Å²) in [6.45, 7) is 8.43. The van der Waals surface area contributed by atoms with E-state index in [0.717, 1.165) is 0 Å². The molecule has 1 aromatic carbocycles. The summed E-state index contributed by atoms with van der Waals surface area (Å²) in [4.78, 5) is 39.5. The number of furan rings is 1. The minimum atomic E-state index is -0.579. The van der Waals surface area contributed by atoms with Gasteiger partial charge in [-0.25, -0.2) is 9.18 Å². The molecule has 0 saturated carbocycles. The second-order valence-electron chi connectivity index (χ2n) is 9.34. The van der Waals surface area contributed by atoms with Gasteiger partial charge < -0.3 is 19.4 Å². The lowest BCUT2D eigenvalue weighted by atomic mass is 10.1. The van der Waals surface area contributed by atoms with Gasteiger partial charge in [0.15, 0.2) is 0 Å². The Balaban J connectivity index is 1.35. The molecular formula is C24H30FN5O6. The van der Waals surface area contributed by atoms with Crippen molar-refractivity contribution >= 4 is 29.3 Å². The molecule has 2 aliphatic heterocycles. The molecule has 1 N–H and O–H groups in total. The quantitative estimate of drug-likeness (QED) is 0.431.